The van der Waals surface area contributed by atoms with Gasteiger partial charge in [-0.1, -0.05) is 15.9 Å². The molecule has 0 unspecified atom stereocenters. The zero-order chi connectivity index (χ0) is 14.1. The van der Waals surface area contributed by atoms with Crippen LogP contribution in [-0.4, -0.2) is 17.1 Å². The van der Waals surface area contributed by atoms with Crippen LogP contribution in [0.5, 0.6) is 5.75 Å². The summed E-state index contributed by atoms with van der Waals surface area (Å²) in [6, 6.07) is 7.69. The highest BCUT2D eigenvalue weighted by Gasteiger charge is 2.08. The van der Waals surface area contributed by atoms with Gasteiger partial charge in [-0.2, -0.15) is 4.98 Å². The molecule has 7 heteroatoms. The number of thiophene rings is 1. The van der Waals surface area contributed by atoms with Crippen molar-refractivity contribution in [3.05, 3.63) is 34.1 Å². The van der Waals surface area contributed by atoms with E-state index in [0.717, 1.165) is 26.1 Å². The maximum Gasteiger partial charge on any atom is 0.223 e. The number of hydrogen-bond acceptors (Lipinski definition) is 6. The molecular weight excluding hydrogens is 340 g/mol. The van der Waals surface area contributed by atoms with Gasteiger partial charge in [0.2, 0.25) is 5.95 Å². The minimum absolute atomic E-state index is 0.254. The fourth-order valence-corrected chi connectivity index (χ4v) is 3.10. The monoisotopic (exact) mass is 350 g/mol. The Morgan fingerprint density at radius 1 is 1.30 bits per heavy atom. The Kier molecular flexibility index (Phi) is 3.45. The molecule has 0 aliphatic heterocycles. The van der Waals surface area contributed by atoms with Crippen molar-refractivity contribution < 1.29 is 4.74 Å². The van der Waals surface area contributed by atoms with Gasteiger partial charge in [-0.15, -0.1) is 11.3 Å². The van der Waals surface area contributed by atoms with E-state index in [1.807, 2.05) is 29.6 Å². The number of halogens is 1. The fraction of sp³-hybridized carbons (Fsp3) is 0.0769. The number of benzene rings is 1. The van der Waals surface area contributed by atoms with Crippen molar-refractivity contribution in [2.75, 3.05) is 18.2 Å². The van der Waals surface area contributed by atoms with Crippen molar-refractivity contribution in [3.63, 3.8) is 0 Å². The molecule has 0 aliphatic carbocycles. The zero-order valence-corrected chi connectivity index (χ0v) is 13.0. The minimum Gasteiger partial charge on any atom is -0.497 e. The molecule has 0 bridgehead atoms. The van der Waals surface area contributed by atoms with Crippen LogP contribution in [0.3, 0.4) is 0 Å². The smallest absolute Gasteiger partial charge is 0.223 e. The van der Waals surface area contributed by atoms with Gasteiger partial charge in [-0.3, -0.25) is 0 Å². The topological polar surface area (TPSA) is 73.1 Å². The Bertz CT molecular complexity index is 774. The number of aromatic nitrogens is 2. The first-order valence-electron chi connectivity index (χ1n) is 5.78. The molecule has 3 N–H and O–H groups in total. The molecule has 2 heterocycles. The maximum absolute atomic E-state index is 5.73. The molecule has 2 aromatic heterocycles. The Hall–Kier alpha value is -1.86. The van der Waals surface area contributed by atoms with Crippen LogP contribution >= 0.6 is 27.3 Å². The Morgan fingerprint density at radius 2 is 2.15 bits per heavy atom. The molecule has 0 saturated carbocycles. The van der Waals surface area contributed by atoms with Crippen LogP contribution in [0.25, 0.3) is 10.2 Å². The van der Waals surface area contributed by atoms with Gasteiger partial charge >= 0.3 is 0 Å². The summed E-state index contributed by atoms with van der Waals surface area (Å²) in [5, 5.41) is 6.17. The summed E-state index contributed by atoms with van der Waals surface area (Å²) >= 11 is 4.98. The number of fused-ring (bicyclic) bond motifs is 1. The van der Waals surface area contributed by atoms with E-state index >= 15 is 0 Å². The van der Waals surface area contributed by atoms with Gasteiger partial charge in [0.15, 0.2) is 0 Å². The molecule has 3 aromatic rings. The van der Waals surface area contributed by atoms with Gasteiger partial charge in [0.25, 0.3) is 0 Å². The second kappa shape index (κ2) is 5.26. The number of rotatable bonds is 3. The lowest BCUT2D eigenvalue weighted by molar-refractivity contribution is 0.415. The van der Waals surface area contributed by atoms with Crippen molar-refractivity contribution in [1.82, 2.24) is 9.97 Å². The first-order valence-corrected chi connectivity index (χ1v) is 7.45. The number of nitrogens with two attached hydrogens (primary N) is 1. The number of ether oxygens (including phenoxy) is 1. The Labute approximate surface area is 127 Å². The number of nitrogen functional groups attached to an aromatic ring is 1. The van der Waals surface area contributed by atoms with Gasteiger partial charge in [-0.05, 0) is 23.6 Å². The molecule has 0 saturated heterocycles. The summed E-state index contributed by atoms with van der Waals surface area (Å²) in [6.07, 6.45) is 0. The third-order valence-corrected chi connectivity index (χ3v) is 3.98. The Morgan fingerprint density at radius 3 is 2.95 bits per heavy atom. The second-order valence-electron chi connectivity index (χ2n) is 4.07. The van der Waals surface area contributed by atoms with Gasteiger partial charge in [0, 0.05) is 16.2 Å². The lowest BCUT2D eigenvalue weighted by atomic mass is 10.3. The highest BCUT2D eigenvalue weighted by atomic mass is 79.9. The number of nitrogens with one attached hydrogen (secondary N) is 1. The molecule has 5 nitrogen and oxygen atoms in total. The quantitative estimate of drug-likeness (QED) is 0.751. The molecular formula is C13H11BrN4OS. The molecule has 0 atom stereocenters. The van der Waals surface area contributed by atoms with Crippen LogP contribution in [-0.2, 0) is 0 Å². The van der Waals surface area contributed by atoms with E-state index in [2.05, 4.69) is 31.2 Å². The first-order chi connectivity index (χ1) is 9.65. The van der Waals surface area contributed by atoms with E-state index in [0.29, 0.717) is 5.82 Å². The molecule has 1 aromatic carbocycles. The molecule has 0 radical (unpaired) electrons. The van der Waals surface area contributed by atoms with Crippen LogP contribution < -0.4 is 15.8 Å². The van der Waals surface area contributed by atoms with Crippen LogP contribution in [0, 0.1) is 0 Å². The number of anilines is 3. The predicted octanol–water partition coefficient (Wildman–Crippen LogP) is 3.79. The summed E-state index contributed by atoms with van der Waals surface area (Å²) in [4.78, 5) is 9.32. The molecule has 0 amide bonds. The van der Waals surface area contributed by atoms with Crippen LogP contribution in [0.15, 0.2) is 34.1 Å². The van der Waals surface area contributed by atoms with E-state index in [-0.39, 0.29) is 5.95 Å². The summed E-state index contributed by atoms with van der Waals surface area (Å²) in [5.41, 5.74) is 6.60. The fourth-order valence-electron chi connectivity index (χ4n) is 1.86. The number of nitrogens with zero attached hydrogens (tertiary/aromatic N) is 2. The molecule has 3 rings (SSSR count). The average Bonchev–Trinajstić information content (AvgIpc) is 2.86. The molecule has 20 heavy (non-hydrogen) atoms. The van der Waals surface area contributed by atoms with Crippen molar-refractivity contribution in [2.24, 2.45) is 0 Å². The third-order valence-electron chi connectivity index (χ3n) is 2.71. The summed E-state index contributed by atoms with van der Waals surface area (Å²) in [6.45, 7) is 0. The molecule has 0 fully saturated rings. The highest BCUT2D eigenvalue weighted by Crippen LogP contribution is 2.31. The zero-order valence-electron chi connectivity index (χ0n) is 10.6. The van der Waals surface area contributed by atoms with Crippen LogP contribution in [0.1, 0.15) is 0 Å². The first kappa shape index (κ1) is 13.1. The maximum atomic E-state index is 5.73. The van der Waals surface area contributed by atoms with Crippen molar-refractivity contribution in [3.8, 4) is 5.75 Å². The van der Waals surface area contributed by atoms with Crippen molar-refractivity contribution in [1.29, 1.82) is 0 Å². The third kappa shape index (κ3) is 2.54. The van der Waals surface area contributed by atoms with Crippen LogP contribution in [0.4, 0.5) is 17.5 Å². The van der Waals surface area contributed by atoms with E-state index in [4.69, 9.17) is 10.5 Å². The van der Waals surface area contributed by atoms with E-state index in [1.54, 1.807) is 7.11 Å². The lowest BCUT2D eigenvalue weighted by Crippen LogP contribution is -2.00. The van der Waals surface area contributed by atoms with Gasteiger partial charge < -0.3 is 15.8 Å². The molecule has 0 aliphatic rings. The van der Waals surface area contributed by atoms with Gasteiger partial charge in [-0.25, -0.2) is 4.98 Å². The number of methoxy groups -OCH3 is 1. The predicted molar refractivity (Wildman–Crippen MR) is 85.8 cm³/mol. The summed E-state index contributed by atoms with van der Waals surface area (Å²) < 4.78 is 6.16. The molecule has 102 valence electrons. The summed E-state index contributed by atoms with van der Waals surface area (Å²) in [7, 11) is 1.63. The SMILES string of the molecule is COc1cc(Br)cc(Nc2nc(N)nc3sccc23)c1. The van der Waals surface area contributed by atoms with Crippen molar-refractivity contribution >= 4 is 54.9 Å². The van der Waals surface area contributed by atoms with Crippen LogP contribution in [0.2, 0.25) is 0 Å². The minimum atomic E-state index is 0.254. The highest BCUT2D eigenvalue weighted by molar-refractivity contribution is 9.10. The summed E-state index contributed by atoms with van der Waals surface area (Å²) in [5.74, 6) is 1.70. The molecule has 0 spiro atoms. The second-order valence-corrected chi connectivity index (χ2v) is 5.88. The Balaban J connectivity index is 2.04. The lowest BCUT2D eigenvalue weighted by Gasteiger charge is -2.09. The standard InChI is InChI=1S/C13H11BrN4OS/c1-19-9-5-7(14)4-8(6-9)16-11-10-2-3-20-12(10)18-13(15)17-11/h2-6H,1H3,(H3,15,16,17,18). The largest absolute Gasteiger partial charge is 0.497 e. The van der Waals surface area contributed by atoms with E-state index < -0.39 is 0 Å². The van der Waals surface area contributed by atoms with E-state index in [1.165, 1.54) is 11.3 Å². The van der Waals surface area contributed by atoms with E-state index in [9.17, 15) is 0 Å². The number of hydrogen-bond donors (Lipinski definition) is 2. The average molecular weight is 351 g/mol. The van der Waals surface area contributed by atoms with Gasteiger partial charge in [0.05, 0.1) is 12.5 Å². The van der Waals surface area contributed by atoms with Crippen molar-refractivity contribution in [2.45, 2.75) is 0 Å². The van der Waals surface area contributed by atoms with Gasteiger partial charge in [0.1, 0.15) is 16.4 Å². The normalized spacial score (nSPS) is 10.7.